The predicted molar refractivity (Wildman–Crippen MR) is 129 cm³/mol. The Morgan fingerprint density at radius 2 is 1.79 bits per heavy atom. The number of guanidine groups is 1. The molecule has 0 heterocycles. The summed E-state index contributed by atoms with van der Waals surface area (Å²) in [7, 11) is 1.68. The van der Waals surface area contributed by atoms with Crippen molar-refractivity contribution in [3.63, 3.8) is 0 Å². The van der Waals surface area contributed by atoms with Gasteiger partial charge in [0.05, 0.1) is 13.7 Å². The summed E-state index contributed by atoms with van der Waals surface area (Å²) >= 11 is 0. The summed E-state index contributed by atoms with van der Waals surface area (Å²) < 4.78 is 10.6. The van der Waals surface area contributed by atoms with E-state index in [1.165, 1.54) is 0 Å². The van der Waals surface area contributed by atoms with E-state index in [1.807, 2.05) is 31.2 Å². The molecule has 0 bridgehead atoms. The van der Waals surface area contributed by atoms with Crippen molar-refractivity contribution >= 4 is 29.9 Å². The molecule has 1 rings (SSSR count). The van der Waals surface area contributed by atoms with Crippen molar-refractivity contribution in [3.05, 3.63) is 29.8 Å². The molecule has 0 aliphatic carbocycles. The van der Waals surface area contributed by atoms with Gasteiger partial charge in [0, 0.05) is 38.9 Å². The maximum Gasteiger partial charge on any atom is 0.191 e. The fraction of sp³-hybridized carbons (Fsp3) is 0.667. The van der Waals surface area contributed by atoms with E-state index in [0.29, 0.717) is 12.6 Å². The third-order valence-electron chi connectivity index (χ3n) is 4.37. The average Bonchev–Trinajstić information content (AvgIpc) is 2.68. The minimum absolute atomic E-state index is 0. The third-order valence-corrected chi connectivity index (χ3v) is 4.37. The number of benzene rings is 1. The fourth-order valence-corrected chi connectivity index (χ4v) is 2.70. The molecule has 0 amide bonds. The predicted octanol–water partition coefficient (Wildman–Crippen LogP) is 3.51. The van der Waals surface area contributed by atoms with Crippen LogP contribution in [0.3, 0.4) is 0 Å². The van der Waals surface area contributed by atoms with Crippen molar-refractivity contribution in [1.29, 1.82) is 0 Å². The number of rotatable bonds is 13. The molecule has 6 nitrogen and oxygen atoms in total. The average molecular weight is 506 g/mol. The van der Waals surface area contributed by atoms with Crippen molar-refractivity contribution in [2.75, 3.05) is 46.5 Å². The van der Waals surface area contributed by atoms with Gasteiger partial charge in [-0.25, -0.2) is 4.99 Å². The van der Waals surface area contributed by atoms with Gasteiger partial charge in [0.15, 0.2) is 5.96 Å². The van der Waals surface area contributed by atoms with Crippen molar-refractivity contribution in [3.8, 4) is 5.75 Å². The zero-order valence-electron chi connectivity index (χ0n) is 18.2. The number of likely N-dealkylation sites (N-methyl/N-ethyl adjacent to an activating group) is 1. The number of hydrogen-bond donors (Lipinski definition) is 2. The number of aliphatic imine (C=N–C) groups is 1. The molecule has 2 N–H and O–H groups in total. The number of nitrogens with zero attached hydrogens (tertiary/aromatic N) is 2. The van der Waals surface area contributed by atoms with E-state index in [0.717, 1.165) is 63.1 Å². The highest BCUT2D eigenvalue weighted by Crippen LogP contribution is 2.11. The second-order valence-electron chi connectivity index (χ2n) is 6.64. The molecule has 0 saturated heterocycles. The van der Waals surface area contributed by atoms with Crippen molar-refractivity contribution < 1.29 is 9.47 Å². The Morgan fingerprint density at radius 3 is 2.36 bits per heavy atom. The van der Waals surface area contributed by atoms with E-state index in [1.54, 1.807) is 7.11 Å². The van der Waals surface area contributed by atoms with Gasteiger partial charge < -0.3 is 20.1 Å². The second kappa shape index (κ2) is 16.9. The van der Waals surface area contributed by atoms with Crippen LogP contribution in [-0.4, -0.2) is 63.4 Å². The molecule has 0 radical (unpaired) electrons. The maximum absolute atomic E-state index is 5.40. The molecule has 0 atom stereocenters. The van der Waals surface area contributed by atoms with Crippen LogP contribution in [0.2, 0.25) is 0 Å². The third kappa shape index (κ3) is 11.7. The first-order valence-electron chi connectivity index (χ1n) is 10.1. The van der Waals surface area contributed by atoms with Crippen molar-refractivity contribution in [2.45, 2.75) is 46.7 Å². The molecule has 28 heavy (non-hydrogen) atoms. The van der Waals surface area contributed by atoms with Gasteiger partial charge in [0.1, 0.15) is 5.75 Å². The molecular weight excluding hydrogens is 467 g/mol. The molecule has 0 aliphatic heterocycles. The highest BCUT2D eigenvalue weighted by atomic mass is 127. The fourth-order valence-electron chi connectivity index (χ4n) is 2.70. The molecule has 0 aliphatic rings. The smallest absolute Gasteiger partial charge is 0.191 e. The number of halogens is 1. The van der Waals surface area contributed by atoms with Crippen LogP contribution in [0.4, 0.5) is 0 Å². The zero-order valence-corrected chi connectivity index (χ0v) is 20.5. The van der Waals surface area contributed by atoms with E-state index in [9.17, 15) is 0 Å². The first-order valence-corrected chi connectivity index (χ1v) is 10.1. The monoisotopic (exact) mass is 506 g/mol. The zero-order chi connectivity index (χ0) is 19.9. The topological polar surface area (TPSA) is 58.1 Å². The standard InChI is InChI=1S/C21H38N4O2.HI/c1-6-25(18(3)4)15-14-23-21(22-13-8-16-27-7-2)24-17-19-9-11-20(26-5)12-10-19;/h9-12,18H,6-8,13-17H2,1-5H3,(H2,22,23,24);1H. The van der Waals surface area contributed by atoms with Crippen LogP contribution >= 0.6 is 24.0 Å². The SMILES string of the molecule is CCOCCCNC(=NCc1ccc(OC)cc1)NCCN(CC)C(C)C.I. The molecule has 0 saturated carbocycles. The first-order chi connectivity index (χ1) is 13.1. The van der Waals surface area contributed by atoms with Crippen LogP contribution in [0.25, 0.3) is 0 Å². The van der Waals surface area contributed by atoms with E-state index >= 15 is 0 Å². The Kier molecular flexibility index (Phi) is 16.2. The molecule has 0 unspecified atom stereocenters. The molecule has 7 heteroatoms. The van der Waals surface area contributed by atoms with Crippen molar-refractivity contribution in [2.24, 2.45) is 4.99 Å². The maximum atomic E-state index is 5.40. The van der Waals surface area contributed by atoms with Gasteiger partial charge in [-0.1, -0.05) is 19.1 Å². The van der Waals surface area contributed by atoms with E-state index in [-0.39, 0.29) is 24.0 Å². The van der Waals surface area contributed by atoms with Gasteiger partial charge >= 0.3 is 0 Å². The number of hydrogen-bond acceptors (Lipinski definition) is 4. The molecular formula is C21H39IN4O2. The summed E-state index contributed by atoms with van der Waals surface area (Å²) in [6, 6.07) is 8.58. The normalized spacial score (nSPS) is 11.5. The van der Waals surface area contributed by atoms with Gasteiger partial charge in [-0.3, -0.25) is 4.90 Å². The highest BCUT2D eigenvalue weighted by Gasteiger charge is 2.07. The quantitative estimate of drug-likeness (QED) is 0.186. The van der Waals surface area contributed by atoms with Crippen LogP contribution in [-0.2, 0) is 11.3 Å². The lowest BCUT2D eigenvalue weighted by Crippen LogP contribution is -2.43. The molecule has 0 aromatic heterocycles. The minimum Gasteiger partial charge on any atom is -0.497 e. The summed E-state index contributed by atoms with van der Waals surface area (Å²) in [6.07, 6.45) is 0.962. The summed E-state index contributed by atoms with van der Waals surface area (Å²) in [6.45, 7) is 14.6. The Hall–Kier alpha value is -1.06. The highest BCUT2D eigenvalue weighted by molar-refractivity contribution is 14.0. The lowest BCUT2D eigenvalue weighted by atomic mass is 10.2. The van der Waals surface area contributed by atoms with E-state index in [2.05, 4.69) is 36.3 Å². The van der Waals surface area contributed by atoms with Gasteiger partial charge in [0.25, 0.3) is 0 Å². The molecule has 1 aromatic rings. The van der Waals surface area contributed by atoms with Crippen molar-refractivity contribution in [1.82, 2.24) is 15.5 Å². The van der Waals surface area contributed by atoms with Gasteiger partial charge in [-0.2, -0.15) is 0 Å². The summed E-state index contributed by atoms with van der Waals surface area (Å²) in [4.78, 5) is 7.16. The van der Waals surface area contributed by atoms with Gasteiger partial charge in [-0.15, -0.1) is 24.0 Å². The van der Waals surface area contributed by atoms with Crippen LogP contribution in [0.1, 0.15) is 39.7 Å². The van der Waals surface area contributed by atoms with E-state index in [4.69, 9.17) is 14.5 Å². The summed E-state index contributed by atoms with van der Waals surface area (Å²) in [5, 5.41) is 6.86. The Morgan fingerprint density at radius 1 is 1.11 bits per heavy atom. The van der Waals surface area contributed by atoms with Gasteiger partial charge in [-0.05, 0) is 51.4 Å². The Labute approximate surface area is 188 Å². The van der Waals surface area contributed by atoms with Crippen LogP contribution < -0.4 is 15.4 Å². The number of ether oxygens (including phenoxy) is 2. The lowest BCUT2D eigenvalue weighted by molar-refractivity contribution is 0.145. The Bertz CT molecular complexity index is 524. The largest absolute Gasteiger partial charge is 0.497 e. The minimum atomic E-state index is 0. The number of nitrogens with one attached hydrogen (secondary N) is 2. The first kappa shape index (κ1) is 26.9. The number of methoxy groups -OCH3 is 1. The molecule has 0 fully saturated rings. The van der Waals surface area contributed by atoms with Crippen LogP contribution in [0.5, 0.6) is 5.75 Å². The molecule has 1 aromatic carbocycles. The second-order valence-corrected chi connectivity index (χ2v) is 6.64. The molecule has 0 spiro atoms. The van der Waals surface area contributed by atoms with E-state index < -0.39 is 0 Å². The van der Waals surface area contributed by atoms with Gasteiger partial charge in [0.2, 0.25) is 0 Å². The summed E-state index contributed by atoms with van der Waals surface area (Å²) in [5.74, 6) is 1.71. The summed E-state index contributed by atoms with van der Waals surface area (Å²) in [5.41, 5.74) is 1.16. The van der Waals surface area contributed by atoms with Crippen LogP contribution in [0.15, 0.2) is 29.3 Å². The Balaban J connectivity index is 0.00000729. The lowest BCUT2D eigenvalue weighted by Gasteiger charge is -2.25. The molecule has 162 valence electrons. The van der Waals surface area contributed by atoms with Crippen LogP contribution in [0, 0.1) is 0 Å².